The highest BCUT2D eigenvalue weighted by Crippen LogP contribution is 2.46. The molecular weight excluding hydrogens is 1110 g/mol. The van der Waals surface area contributed by atoms with Crippen LogP contribution in [0.3, 0.4) is 0 Å². The maximum absolute atomic E-state index is 12.4. The number of azo groups is 2. The third kappa shape index (κ3) is 23.4. The summed E-state index contributed by atoms with van der Waals surface area (Å²) in [7, 11) is -23.4. The maximum atomic E-state index is 12.4. The van der Waals surface area contributed by atoms with Crippen molar-refractivity contribution in [1.82, 2.24) is 15.0 Å². The van der Waals surface area contributed by atoms with E-state index in [0.717, 1.165) is 23.6 Å². The van der Waals surface area contributed by atoms with Crippen LogP contribution in [0, 0.1) is 6.92 Å². The number of hydrogen-bond acceptors (Lipinski definition) is 27. The van der Waals surface area contributed by atoms with E-state index < -0.39 is 90.7 Å². The number of nitrogens with zero attached hydrogens (tertiary/aromatic N) is 7. The van der Waals surface area contributed by atoms with Crippen LogP contribution in [0.1, 0.15) is 17.8 Å². The van der Waals surface area contributed by atoms with Gasteiger partial charge in [-0.3, -0.25) is 13.7 Å². The molecule has 0 fully saturated rings. The van der Waals surface area contributed by atoms with Crippen molar-refractivity contribution in [2.75, 3.05) is 41.6 Å². The van der Waals surface area contributed by atoms with E-state index in [9.17, 15) is 43.3 Å². The number of aromatic nitrogens is 3. The van der Waals surface area contributed by atoms with Gasteiger partial charge in [0, 0.05) is 17.6 Å². The van der Waals surface area contributed by atoms with E-state index in [-0.39, 0.29) is 40.4 Å². The van der Waals surface area contributed by atoms with Crippen LogP contribution in [0.25, 0.3) is 10.8 Å². The minimum absolute atomic E-state index is 0.000741. The lowest BCUT2D eigenvalue weighted by atomic mass is 10.1. The lowest BCUT2D eigenvalue weighted by molar-refractivity contribution is 0.265. The van der Waals surface area contributed by atoms with E-state index in [1.165, 1.54) is 12.1 Å². The molecule has 398 valence electrons. The Hall–Kier alpha value is -7.39. The number of phenolic OH excluding ortho intramolecular Hbond substituents is 1. The second-order valence-electron chi connectivity index (χ2n) is 14.0. The summed E-state index contributed by atoms with van der Waals surface area (Å²) in [5, 5.41) is 34.3. The fourth-order valence-corrected chi connectivity index (χ4v) is 7.31. The number of benzene rings is 5. The first-order valence-corrected chi connectivity index (χ1v) is 28.0. The van der Waals surface area contributed by atoms with Crippen LogP contribution >= 0.6 is 0 Å². The average molecular weight is 1150 g/mol. The SMILES string of the molecule is CS(=O)(=O)CCOS(=O)(=O)O.Cc1nc(Nc2ccccc2)nc(Nc2cccc(N=Nc3c(S(=O)(=O)O)cc4ccc(N=Nc5ccc(CCCOS(=O)(=O)O)cc5)c(N)c4c3O)c2)n1.O=S(=O)=O.O=S(=O)=O. The number of para-hydroxylation sites is 1. The van der Waals surface area contributed by atoms with Gasteiger partial charge in [0.15, 0.2) is 5.75 Å². The van der Waals surface area contributed by atoms with Gasteiger partial charge in [0.1, 0.15) is 31.9 Å². The molecule has 1 heterocycles. The first-order valence-electron chi connectivity index (χ1n) is 19.7. The number of hydrogen-bond donors (Lipinski definition) is 7. The molecule has 0 unspecified atom stereocenters. The van der Waals surface area contributed by atoms with E-state index in [0.29, 0.717) is 36.0 Å². The van der Waals surface area contributed by atoms with Crippen molar-refractivity contribution in [2.45, 2.75) is 24.7 Å². The van der Waals surface area contributed by atoms with Crippen molar-refractivity contribution in [3.63, 3.8) is 0 Å². The van der Waals surface area contributed by atoms with Crippen molar-refractivity contribution < 1.29 is 86.1 Å². The second-order valence-corrected chi connectivity index (χ2v) is 20.7. The summed E-state index contributed by atoms with van der Waals surface area (Å²) >= 11 is 0. The van der Waals surface area contributed by atoms with E-state index in [4.69, 9.17) is 40.1 Å². The monoisotopic (exact) mass is 1150 g/mol. The average Bonchev–Trinajstić information content (AvgIpc) is 3.26. The number of fused-ring (bicyclic) bond motifs is 1. The molecule has 74 heavy (non-hydrogen) atoms. The Bertz CT molecular complexity index is 3640. The molecule has 0 aliphatic heterocycles. The van der Waals surface area contributed by atoms with Gasteiger partial charge in [-0.15, -0.1) is 35.5 Å². The quantitative estimate of drug-likeness (QED) is 0.0263. The maximum Gasteiger partial charge on any atom is 0.425 e. The summed E-state index contributed by atoms with van der Waals surface area (Å²) in [6, 6.07) is 26.8. The number of aromatic hydroxyl groups is 1. The van der Waals surface area contributed by atoms with Crippen LogP contribution in [-0.4, -0.2) is 118 Å². The molecule has 0 amide bonds. The van der Waals surface area contributed by atoms with Crippen LogP contribution in [0.15, 0.2) is 122 Å². The largest absolute Gasteiger partial charge is 0.505 e. The Morgan fingerprint density at radius 2 is 1.18 bits per heavy atom. The van der Waals surface area contributed by atoms with Gasteiger partial charge in [0.05, 0.1) is 41.4 Å². The molecule has 0 bridgehead atoms. The number of nitrogens with two attached hydrogens (primary N) is 1. The van der Waals surface area contributed by atoms with Crippen LogP contribution in [0.5, 0.6) is 5.75 Å². The van der Waals surface area contributed by atoms with Gasteiger partial charge in [-0.05, 0) is 85.3 Å². The molecule has 0 radical (unpaired) electrons. The lowest BCUT2D eigenvalue weighted by Crippen LogP contribution is -2.13. The predicted octanol–water partition coefficient (Wildman–Crippen LogP) is 4.78. The minimum Gasteiger partial charge on any atom is -0.505 e. The fourth-order valence-electron chi connectivity index (χ4n) is 5.53. The van der Waals surface area contributed by atoms with Crippen LogP contribution in [0.2, 0.25) is 0 Å². The predicted molar refractivity (Wildman–Crippen MR) is 261 cm³/mol. The van der Waals surface area contributed by atoms with E-state index in [1.807, 2.05) is 30.3 Å². The number of anilines is 5. The Balaban J connectivity index is 0.000000646. The van der Waals surface area contributed by atoms with Crippen molar-refractivity contribution >= 4 is 124 Å². The molecule has 6 aromatic rings. The Kier molecular flexibility index (Phi) is 22.7. The molecule has 0 saturated carbocycles. The van der Waals surface area contributed by atoms with E-state index in [1.54, 1.807) is 55.5 Å². The van der Waals surface area contributed by atoms with Gasteiger partial charge in [0.25, 0.3) is 10.1 Å². The van der Waals surface area contributed by atoms with Gasteiger partial charge in [-0.2, -0.15) is 50.4 Å². The van der Waals surface area contributed by atoms with Crippen LogP contribution < -0.4 is 16.4 Å². The van der Waals surface area contributed by atoms with Crippen molar-refractivity contribution in [3.8, 4) is 5.75 Å². The summed E-state index contributed by atoms with van der Waals surface area (Å²) in [6.07, 6.45) is 1.75. The molecule has 0 spiro atoms. The first-order chi connectivity index (χ1) is 34.4. The second kappa shape index (κ2) is 27.6. The summed E-state index contributed by atoms with van der Waals surface area (Å²) in [4.78, 5) is 12.4. The Labute approximate surface area is 424 Å². The normalized spacial score (nSPS) is 11.6. The van der Waals surface area contributed by atoms with E-state index >= 15 is 0 Å². The van der Waals surface area contributed by atoms with Gasteiger partial charge in [-0.25, -0.2) is 16.8 Å². The number of nitrogen functional groups attached to an aromatic ring is 1. The van der Waals surface area contributed by atoms with Gasteiger partial charge in [0.2, 0.25) is 11.9 Å². The number of rotatable bonds is 18. The van der Waals surface area contributed by atoms with Crippen LogP contribution in [0.4, 0.5) is 51.7 Å². The van der Waals surface area contributed by atoms with Crippen molar-refractivity contribution in [1.29, 1.82) is 0 Å². The number of phenols is 1. The molecule has 8 N–H and O–H groups in total. The highest BCUT2D eigenvalue weighted by molar-refractivity contribution is 7.90. The topological polar surface area (TPSA) is 477 Å². The number of nitrogens with one attached hydrogen (secondary N) is 2. The molecule has 0 saturated heterocycles. The zero-order valence-corrected chi connectivity index (χ0v) is 42.7. The summed E-state index contributed by atoms with van der Waals surface area (Å²) < 4.78 is 172. The van der Waals surface area contributed by atoms with Crippen molar-refractivity contribution in [3.05, 3.63) is 108 Å². The highest BCUT2D eigenvalue weighted by Gasteiger charge is 2.24. The number of aryl methyl sites for hydroxylation is 2. The Morgan fingerprint density at radius 1 is 0.635 bits per heavy atom. The standard InChI is InChI=1S/C35H32N10O8S2.C3H8O6S2.2O3S/c1-21-37-34(39-24-8-3-2-4-9-24)41-35(38-21)40-26-10-5-11-27(20-26)43-45-32-29(54(47,48)49)19-23-14-17-28(31(36)30(23)33(32)46)44-42-25-15-12-22(13-16-25)7-6-18-53-55(50,51)52;1-10(4,5)3-2-9-11(6,7)8;2*1-4(2)3/h2-5,8-17,19-20,46H,6-7,18,36H2,1H3,(H,47,48,49)(H,50,51,52)(H2,37,38,39,40,41);2-3H2,1H3,(H,6,7,8);;. The van der Waals surface area contributed by atoms with Gasteiger partial charge in [-0.1, -0.05) is 42.5 Å². The molecular formula is C38H40N10O20S6. The smallest absolute Gasteiger partial charge is 0.425 e. The van der Waals surface area contributed by atoms with E-state index in [2.05, 4.69) is 54.4 Å². The van der Waals surface area contributed by atoms with Crippen molar-refractivity contribution in [2.24, 2.45) is 20.5 Å². The lowest BCUT2D eigenvalue weighted by Gasteiger charge is -2.12. The molecule has 0 aliphatic carbocycles. The third-order valence-electron chi connectivity index (χ3n) is 8.40. The molecule has 36 heteroatoms. The highest BCUT2D eigenvalue weighted by atomic mass is 32.3. The van der Waals surface area contributed by atoms with Gasteiger partial charge >= 0.3 is 42.0 Å². The molecule has 30 nitrogen and oxygen atoms in total. The molecule has 0 atom stereocenters. The summed E-state index contributed by atoms with van der Waals surface area (Å²) in [5.41, 5.74) is 8.78. The molecule has 1 aromatic heterocycles. The van der Waals surface area contributed by atoms with Crippen LogP contribution in [-0.2, 0) is 76.8 Å². The summed E-state index contributed by atoms with van der Waals surface area (Å²) in [6.45, 7) is 0.985. The number of sulfone groups is 1. The molecule has 6 rings (SSSR count). The van der Waals surface area contributed by atoms with Gasteiger partial charge < -0.3 is 21.5 Å². The molecule has 0 aliphatic rings. The fraction of sp³-hybridized carbons (Fsp3) is 0.184. The molecule has 5 aromatic carbocycles. The minimum atomic E-state index is -4.90. The zero-order chi connectivity index (χ0) is 55.4. The third-order valence-corrected chi connectivity index (χ3v) is 11.1. The first kappa shape index (κ1) is 60.9. The summed E-state index contributed by atoms with van der Waals surface area (Å²) in [5.74, 6) is -0.0904. The Morgan fingerprint density at radius 3 is 1.73 bits per heavy atom. The zero-order valence-electron chi connectivity index (χ0n) is 37.8.